The van der Waals surface area contributed by atoms with Gasteiger partial charge in [0.15, 0.2) is 11.5 Å². The molecule has 0 heterocycles. The minimum atomic E-state index is -3.93. The molecule has 0 saturated heterocycles. The summed E-state index contributed by atoms with van der Waals surface area (Å²) >= 11 is 6.47. The van der Waals surface area contributed by atoms with Crippen LogP contribution in [0.2, 0.25) is 5.02 Å². The Kier molecular flexibility index (Phi) is 11.4. The number of anilines is 1. The number of ether oxygens (including phenoxy) is 2. The third-order valence-corrected chi connectivity index (χ3v) is 7.96. The predicted molar refractivity (Wildman–Crippen MR) is 161 cm³/mol. The summed E-state index contributed by atoms with van der Waals surface area (Å²) in [6, 6.07) is 20.0. The van der Waals surface area contributed by atoms with E-state index < -0.39 is 28.5 Å². The van der Waals surface area contributed by atoms with Gasteiger partial charge < -0.3 is 19.7 Å². The largest absolute Gasteiger partial charge is 0.493 e. The van der Waals surface area contributed by atoms with Crippen molar-refractivity contribution in [3.05, 3.63) is 88.9 Å². The number of rotatable bonds is 14. The first-order valence-electron chi connectivity index (χ1n) is 13.1. The molecular weight excluding hydrogens is 566 g/mol. The van der Waals surface area contributed by atoms with Crippen molar-refractivity contribution < 1.29 is 27.5 Å². The van der Waals surface area contributed by atoms with E-state index in [1.807, 2.05) is 37.3 Å². The number of carbonyl (C=O) groups excluding carboxylic acids is 2. The fourth-order valence-corrected chi connectivity index (χ4v) is 5.36. The van der Waals surface area contributed by atoms with Gasteiger partial charge in [-0.2, -0.15) is 0 Å². The molecule has 3 rings (SSSR count). The lowest BCUT2D eigenvalue weighted by atomic mass is 10.0. The van der Waals surface area contributed by atoms with Crippen LogP contribution in [0.15, 0.2) is 72.8 Å². The van der Waals surface area contributed by atoms with E-state index in [0.29, 0.717) is 35.1 Å². The minimum Gasteiger partial charge on any atom is -0.493 e. The van der Waals surface area contributed by atoms with Gasteiger partial charge in [-0.05, 0) is 35.7 Å². The van der Waals surface area contributed by atoms with Gasteiger partial charge in [0.05, 0.1) is 26.2 Å². The quantitative estimate of drug-likeness (QED) is 0.296. The molecule has 0 fully saturated rings. The molecule has 0 aliphatic rings. The zero-order valence-corrected chi connectivity index (χ0v) is 25.2. The zero-order chi connectivity index (χ0) is 30.0. The molecule has 0 aliphatic heterocycles. The van der Waals surface area contributed by atoms with Gasteiger partial charge in [0.1, 0.15) is 12.6 Å². The maximum absolute atomic E-state index is 14.1. The maximum Gasteiger partial charge on any atom is 0.244 e. The van der Waals surface area contributed by atoms with Crippen LogP contribution in [0.4, 0.5) is 5.69 Å². The molecule has 0 unspecified atom stereocenters. The van der Waals surface area contributed by atoms with Crippen LogP contribution < -0.4 is 19.1 Å². The number of nitrogens with one attached hydrogen (secondary N) is 1. The molecule has 0 bridgehead atoms. The highest BCUT2D eigenvalue weighted by Gasteiger charge is 2.33. The summed E-state index contributed by atoms with van der Waals surface area (Å²) in [6.45, 7) is 1.82. The van der Waals surface area contributed by atoms with E-state index in [1.165, 1.54) is 31.3 Å². The van der Waals surface area contributed by atoms with Crippen LogP contribution in [0.1, 0.15) is 24.5 Å². The summed E-state index contributed by atoms with van der Waals surface area (Å²) in [7, 11) is -1.02. The van der Waals surface area contributed by atoms with Crippen LogP contribution in [0, 0.1) is 0 Å². The molecule has 0 saturated carbocycles. The molecule has 220 valence electrons. The summed E-state index contributed by atoms with van der Waals surface area (Å²) in [6.07, 6.45) is 1.95. The molecule has 41 heavy (non-hydrogen) atoms. The number of nitrogens with zero attached hydrogens (tertiary/aromatic N) is 2. The minimum absolute atomic E-state index is 0.000905. The van der Waals surface area contributed by atoms with E-state index in [2.05, 4.69) is 5.32 Å². The Labute approximate surface area is 247 Å². The van der Waals surface area contributed by atoms with Crippen LogP contribution in [-0.4, -0.2) is 64.7 Å². The van der Waals surface area contributed by atoms with Gasteiger partial charge in [-0.15, -0.1) is 0 Å². The summed E-state index contributed by atoms with van der Waals surface area (Å²) < 4.78 is 37.6. The normalized spacial score (nSPS) is 11.8. The highest BCUT2D eigenvalue weighted by molar-refractivity contribution is 7.92. The third-order valence-electron chi connectivity index (χ3n) is 6.45. The fourth-order valence-electron chi connectivity index (χ4n) is 4.32. The number of hydrogen-bond acceptors (Lipinski definition) is 6. The van der Waals surface area contributed by atoms with E-state index in [9.17, 15) is 18.0 Å². The topological polar surface area (TPSA) is 105 Å². The number of amides is 2. The molecule has 9 nitrogen and oxygen atoms in total. The first-order valence-corrected chi connectivity index (χ1v) is 15.4. The van der Waals surface area contributed by atoms with Crippen LogP contribution in [0.5, 0.6) is 11.5 Å². The van der Waals surface area contributed by atoms with E-state index >= 15 is 0 Å². The van der Waals surface area contributed by atoms with Gasteiger partial charge >= 0.3 is 0 Å². The molecule has 1 N–H and O–H groups in total. The van der Waals surface area contributed by atoms with E-state index in [4.69, 9.17) is 21.1 Å². The molecule has 11 heteroatoms. The first-order chi connectivity index (χ1) is 19.6. The maximum atomic E-state index is 14.1. The Hall–Kier alpha value is -3.76. The molecule has 1 atom stereocenters. The van der Waals surface area contributed by atoms with Crippen molar-refractivity contribution >= 4 is 39.1 Å². The smallest absolute Gasteiger partial charge is 0.244 e. The molecule has 0 radical (unpaired) electrons. The van der Waals surface area contributed by atoms with Gasteiger partial charge in [-0.25, -0.2) is 8.42 Å². The van der Waals surface area contributed by atoms with E-state index in [1.54, 1.807) is 30.3 Å². The highest BCUT2D eigenvalue weighted by atomic mass is 35.5. The van der Waals surface area contributed by atoms with Gasteiger partial charge in [-0.1, -0.05) is 67.1 Å². The Bertz CT molecular complexity index is 1440. The SMILES string of the molecule is CCCNC(=O)[C@@H](Cc1ccccc1)N(Cc1ccccc1Cl)C(=O)CN(c1ccc(OC)c(OC)c1)S(C)(=O)=O. The Morgan fingerprint density at radius 1 is 0.951 bits per heavy atom. The average molecular weight is 602 g/mol. The van der Waals surface area contributed by atoms with Crippen molar-refractivity contribution in [1.82, 2.24) is 10.2 Å². The number of benzene rings is 3. The monoisotopic (exact) mass is 601 g/mol. The van der Waals surface area contributed by atoms with Crippen molar-refractivity contribution in [2.45, 2.75) is 32.4 Å². The molecule has 0 aromatic heterocycles. The second-order valence-electron chi connectivity index (χ2n) is 9.42. The standard InChI is InChI=1S/C30H36ClN3O6S/c1-5-17-32-30(36)26(18-22-11-7-6-8-12-22)33(20-23-13-9-10-14-25(23)31)29(35)21-34(41(4,37)38)24-15-16-27(39-2)28(19-24)40-3/h6-16,19,26H,5,17-18,20-21H2,1-4H3,(H,32,36)/t26-/m1/s1. The van der Waals surface area contributed by atoms with Crippen molar-refractivity contribution in [3.8, 4) is 11.5 Å². The number of halogens is 1. The second kappa shape index (κ2) is 14.7. The van der Waals surface area contributed by atoms with Gasteiger partial charge in [0, 0.05) is 30.6 Å². The second-order valence-corrected chi connectivity index (χ2v) is 11.7. The zero-order valence-electron chi connectivity index (χ0n) is 23.7. The number of sulfonamides is 1. The van der Waals surface area contributed by atoms with Gasteiger partial charge in [0.2, 0.25) is 21.8 Å². The summed E-state index contributed by atoms with van der Waals surface area (Å²) in [5.41, 5.74) is 1.69. The number of methoxy groups -OCH3 is 2. The lowest BCUT2D eigenvalue weighted by Gasteiger charge is -2.33. The number of carbonyl (C=O) groups is 2. The first kappa shape index (κ1) is 31.8. The Morgan fingerprint density at radius 3 is 2.22 bits per heavy atom. The Balaban J connectivity index is 2.07. The van der Waals surface area contributed by atoms with Crippen LogP contribution in [-0.2, 0) is 32.6 Å². The van der Waals surface area contributed by atoms with Crippen LogP contribution >= 0.6 is 11.6 Å². The van der Waals surface area contributed by atoms with Crippen molar-refractivity contribution in [2.75, 3.05) is 37.9 Å². The summed E-state index contributed by atoms with van der Waals surface area (Å²) in [5, 5.41) is 3.33. The molecular formula is C30H36ClN3O6S. The van der Waals surface area contributed by atoms with Crippen molar-refractivity contribution in [1.29, 1.82) is 0 Å². The summed E-state index contributed by atoms with van der Waals surface area (Å²) in [5.74, 6) is -0.197. The number of hydrogen-bond donors (Lipinski definition) is 1. The Morgan fingerprint density at radius 2 is 1.61 bits per heavy atom. The molecule has 3 aromatic carbocycles. The fraction of sp³-hybridized carbons (Fsp3) is 0.333. The van der Waals surface area contributed by atoms with Gasteiger partial charge in [-0.3, -0.25) is 13.9 Å². The molecule has 3 aromatic rings. The van der Waals surface area contributed by atoms with Crippen molar-refractivity contribution in [2.24, 2.45) is 0 Å². The molecule has 0 aliphatic carbocycles. The van der Waals surface area contributed by atoms with E-state index in [0.717, 1.165) is 16.1 Å². The van der Waals surface area contributed by atoms with Gasteiger partial charge in [0.25, 0.3) is 0 Å². The highest BCUT2D eigenvalue weighted by Crippen LogP contribution is 2.32. The summed E-state index contributed by atoms with van der Waals surface area (Å²) in [4.78, 5) is 29.1. The lowest BCUT2D eigenvalue weighted by molar-refractivity contribution is -0.140. The lowest BCUT2D eigenvalue weighted by Crippen LogP contribution is -2.53. The van der Waals surface area contributed by atoms with Crippen LogP contribution in [0.25, 0.3) is 0 Å². The average Bonchev–Trinajstić information content (AvgIpc) is 2.96. The third kappa shape index (κ3) is 8.61. The van der Waals surface area contributed by atoms with Crippen LogP contribution in [0.3, 0.4) is 0 Å². The molecule has 2 amide bonds. The molecule has 0 spiro atoms. The van der Waals surface area contributed by atoms with Crippen molar-refractivity contribution in [3.63, 3.8) is 0 Å². The van der Waals surface area contributed by atoms with E-state index in [-0.39, 0.29) is 24.6 Å². The predicted octanol–water partition coefficient (Wildman–Crippen LogP) is 4.29.